The van der Waals surface area contributed by atoms with Crippen molar-refractivity contribution in [3.05, 3.63) is 18.2 Å². The van der Waals surface area contributed by atoms with Crippen molar-refractivity contribution in [2.45, 2.75) is 151 Å². The normalized spacial score (nSPS) is 14.6. The molecule has 0 amide bonds. The van der Waals surface area contributed by atoms with Gasteiger partial charge in [-0.2, -0.15) is 0 Å². The minimum atomic E-state index is -4.14. The third kappa shape index (κ3) is 20.9. The minimum Gasteiger partial charge on any atom is -0.756 e. The Hall–Kier alpha value is -0.680. The Labute approximate surface area is 230 Å². The first-order valence-corrected chi connectivity index (χ1v) is 16.9. The zero-order chi connectivity index (χ0) is 27.8. The lowest BCUT2D eigenvalue weighted by Gasteiger charge is -2.27. The van der Waals surface area contributed by atoms with Gasteiger partial charge in [0, 0.05) is 6.92 Å². The number of hydrogen-bond donors (Lipinski definition) is 1. The molecular formula is C30H61N2O4P. The van der Waals surface area contributed by atoms with Crippen molar-refractivity contribution >= 4 is 7.82 Å². The molecule has 0 aliphatic rings. The van der Waals surface area contributed by atoms with Crippen molar-refractivity contribution in [3.63, 3.8) is 0 Å². The molecule has 0 fully saturated rings. The smallest absolute Gasteiger partial charge is 0.267 e. The molecule has 6 nitrogen and oxygen atoms in total. The van der Waals surface area contributed by atoms with Crippen LogP contribution in [0.3, 0.4) is 0 Å². The number of nitrogens with zero attached hydrogens (tertiary/aromatic N) is 1. The quantitative estimate of drug-likeness (QED) is 0.0849. The van der Waals surface area contributed by atoms with Crippen LogP contribution >= 0.6 is 7.82 Å². The summed E-state index contributed by atoms with van der Waals surface area (Å²) in [4.78, 5) is 15.0. The molecule has 0 bridgehead atoms. The Morgan fingerprint density at radius 2 is 1.24 bits per heavy atom. The summed E-state index contributed by atoms with van der Waals surface area (Å²) >= 11 is 0. The highest BCUT2D eigenvalue weighted by atomic mass is 31.2. The van der Waals surface area contributed by atoms with Gasteiger partial charge in [0.25, 0.3) is 13.6 Å². The van der Waals surface area contributed by atoms with E-state index in [-0.39, 0.29) is 13.2 Å². The minimum absolute atomic E-state index is 0.253. The molecule has 1 aromatic heterocycles. The maximum atomic E-state index is 11.8. The number of rotatable bonds is 23. The Morgan fingerprint density at radius 3 is 1.65 bits per heavy atom. The Morgan fingerprint density at radius 1 is 0.784 bits per heavy atom. The average molecular weight is 545 g/mol. The molecule has 2 unspecified atom stereocenters. The van der Waals surface area contributed by atoms with Gasteiger partial charge in [0.15, 0.2) is 0 Å². The van der Waals surface area contributed by atoms with Gasteiger partial charge < -0.3 is 13.9 Å². The van der Waals surface area contributed by atoms with Gasteiger partial charge >= 0.3 is 0 Å². The van der Waals surface area contributed by atoms with Gasteiger partial charge in [-0.05, 0) is 37.5 Å². The van der Waals surface area contributed by atoms with Crippen LogP contribution in [0.2, 0.25) is 0 Å². The van der Waals surface area contributed by atoms with E-state index in [9.17, 15) is 9.46 Å². The van der Waals surface area contributed by atoms with E-state index in [0.717, 1.165) is 51.4 Å². The summed E-state index contributed by atoms with van der Waals surface area (Å²) in [7, 11) is -4.14. The van der Waals surface area contributed by atoms with Crippen LogP contribution in [0, 0.1) is 18.8 Å². The number of phosphoric acid groups is 1. The van der Waals surface area contributed by atoms with Crippen molar-refractivity contribution < 1.29 is 23.1 Å². The van der Waals surface area contributed by atoms with Gasteiger partial charge in [-0.1, -0.05) is 112 Å². The van der Waals surface area contributed by atoms with E-state index >= 15 is 0 Å². The van der Waals surface area contributed by atoms with Crippen LogP contribution in [-0.2, 0) is 20.2 Å². The lowest BCUT2D eigenvalue weighted by atomic mass is 10.0. The van der Waals surface area contributed by atoms with Crippen LogP contribution in [0.1, 0.15) is 143 Å². The molecule has 0 saturated carbocycles. The van der Waals surface area contributed by atoms with E-state index in [1.165, 1.54) is 63.7 Å². The average Bonchev–Trinajstić information content (AvgIpc) is 3.30. The number of unbranched alkanes of at least 4 members (excludes halogenated alkanes) is 9. The largest absolute Gasteiger partial charge is 0.756 e. The number of phosphoric ester groups is 1. The van der Waals surface area contributed by atoms with Gasteiger partial charge in [-0.25, -0.2) is 9.55 Å². The summed E-state index contributed by atoms with van der Waals surface area (Å²) in [5, 5.41) is 0. The van der Waals surface area contributed by atoms with Crippen LogP contribution in [0.5, 0.6) is 0 Å². The van der Waals surface area contributed by atoms with Crippen molar-refractivity contribution in [2.24, 2.45) is 11.8 Å². The maximum absolute atomic E-state index is 11.8. The summed E-state index contributed by atoms with van der Waals surface area (Å²) in [6.45, 7) is 14.5. The number of aryl methyl sites for hydroxylation is 2. The van der Waals surface area contributed by atoms with Gasteiger partial charge in [0.05, 0.1) is 19.8 Å². The van der Waals surface area contributed by atoms with Crippen LogP contribution in [-0.4, -0.2) is 18.2 Å². The van der Waals surface area contributed by atoms with E-state index in [2.05, 4.69) is 57.3 Å². The van der Waals surface area contributed by atoms with Crippen molar-refractivity contribution in [3.8, 4) is 0 Å². The highest BCUT2D eigenvalue weighted by Gasteiger charge is 2.16. The Kier molecular flexibility index (Phi) is 23.9. The zero-order valence-corrected chi connectivity index (χ0v) is 26.2. The summed E-state index contributed by atoms with van der Waals surface area (Å²) in [6, 6.07) is 0. The topological polar surface area (TPSA) is 78.3 Å². The van der Waals surface area contributed by atoms with E-state index in [1.54, 1.807) is 0 Å². The monoisotopic (exact) mass is 544 g/mol. The van der Waals surface area contributed by atoms with E-state index in [1.807, 2.05) is 6.20 Å². The van der Waals surface area contributed by atoms with Gasteiger partial charge in [-0.3, -0.25) is 4.57 Å². The molecule has 0 aromatic carbocycles. The molecule has 1 heterocycles. The molecule has 0 aliphatic heterocycles. The lowest BCUT2D eigenvalue weighted by molar-refractivity contribution is -0.702. The number of aromatic amines is 1. The highest BCUT2D eigenvalue weighted by Crippen LogP contribution is 2.40. The lowest BCUT2D eigenvalue weighted by Crippen LogP contribution is -2.34. The molecule has 0 saturated heterocycles. The zero-order valence-electron chi connectivity index (χ0n) is 25.3. The molecule has 1 N–H and O–H groups in total. The predicted octanol–water partition coefficient (Wildman–Crippen LogP) is 8.67. The summed E-state index contributed by atoms with van der Waals surface area (Å²) < 4.78 is 24.2. The second kappa shape index (κ2) is 24.4. The molecule has 1 aromatic rings. The van der Waals surface area contributed by atoms with Crippen LogP contribution < -0.4 is 9.46 Å². The molecular weight excluding hydrogens is 483 g/mol. The highest BCUT2D eigenvalue weighted by molar-refractivity contribution is 7.45. The molecule has 0 aliphatic carbocycles. The SMILES string of the molecule is CCCCC(CC)COP(=O)([O-])OCC(CC)CCCC.CCCCCCCCCC[n+]1cc[nH]c1C. The van der Waals surface area contributed by atoms with Gasteiger partial charge in [-0.15, -0.1) is 0 Å². The van der Waals surface area contributed by atoms with E-state index < -0.39 is 7.82 Å². The Bertz CT molecular complexity index is 644. The van der Waals surface area contributed by atoms with Crippen LogP contribution in [0.4, 0.5) is 0 Å². The number of nitrogens with one attached hydrogen (secondary N) is 1. The number of aromatic nitrogens is 2. The van der Waals surface area contributed by atoms with Gasteiger partial charge in [0.2, 0.25) is 0 Å². The fourth-order valence-electron chi connectivity index (χ4n) is 4.33. The van der Waals surface area contributed by atoms with E-state index in [4.69, 9.17) is 9.05 Å². The van der Waals surface area contributed by atoms with Gasteiger partial charge in [0.1, 0.15) is 12.4 Å². The molecule has 37 heavy (non-hydrogen) atoms. The molecule has 7 heteroatoms. The van der Waals surface area contributed by atoms with Crippen molar-refractivity contribution in [1.29, 1.82) is 0 Å². The first kappa shape index (κ1) is 36.3. The summed E-state index contributed by atoms with van der Waals surface area (Å²) in [6.07, 6.45) is 23.7. The molecule has 2 atom stereocenters. The first-order valence-electron chi connectivity index (χ1n) is 15.5. The summed E-state index contributed by atoms with van der Waals surface area (Å²) in [5.41, 5.74) is 0. The van der Waals surface area contributed by atoms with Crippen LogP contribution in [0.15, 0.2) is 12.4 Å². The molecule has 0 radical (unpaired) electrons. The number of imidazole rings is 1. The fraction of sp³-hybridized carbons (Fsp3) is 0.900. The maximum Gasteiger partial charge on any atom is 0.267 e. The Balaban J connectivity index is 0.000000724. The van der Waals surface area contributed by atoms with Crippen molar-refractivity contribution in [2.75, 3.05) is 13.2 Å². The molecule has 220 valence electrons. The third-order valence-electron chi connectivity index (χ3n) is 7.25. The standard InChI is InChI=1S/C16H35O4P.C14H26N2/c1-5-9-11-15(7-3)13-19-21(17,18)20-14-16(8-4)12-10-6-2;1-3-4-5-6-7-8-9-10-12-16-13-11-15-14(16)2/h15-16H,5-14H2,1-4H3,(H,17,18);11,13H,3-10,12H2,1-2H3. The first-order chi connectivity index (χ1) is 17.8. The summed E-state index contributed by atoms with van der Waals surface area (Å²) in [5.74, 6) is 1.87. The van der Waals surface area contributed by atoms with Crippen LogP contribution in [0.25, 0.3) is 0 Å². The third-order valence-corrected chi connectivity index (χ3v) is 8.18. The molecule has 0 spiro atoms. The van der Waals surface area contributed by atoms with E-state index in [0.29, 0.717) is 11.8 Å². The number of H-pyrrole nitrogens is 1. The predicted molar refractivity (Wildman–Crippen MR) is 154 cm³/mol. The fourth-order valence-corrected chi connectivity index (χ4v) is 5.19. The second-order valence-corrected chi connectivity index (χ2v) is 12.0. The molecule has 1 rings (SSSR count). The number of hydrogen-bond acceptors (Lipinski definition) is 4. The second-order valence-electron chi connectivity index (χ2n) is 10.6. The van der Waals surface area contributed by atoms with Crippen molar-refractivity contribution in [1.82, 2.24) is 4.98 Å².